The van der Waals surface area contributed by atoms with Crippen molar-refractivity contribution in [3.8, 4) is 0 Å². The van der Waals surface area contributed by atoms with Gasteiger partial charge in [-0.3, -0.25) is 0 Å². The highest BCUT2D eigenvalue weighted by Gasteiger charge is 2.16. The lowest BCUT2D eigenvalue weighted by atomic mass is 9.89. The van der Waals surface area contributed by atoms with Gasteiger partial charge >= 0.3 is 0 Å². The van der Waals surface area contributed by atoms with E-state index in [1.807, 2.05) is 6.07 Å². The molecule has 2 nitrogen and oxygen atoms in total. The van der Waals surface area contributed by atoms with E-state index < -0.39 is 0 Å². The zero-order valence-corrected chi connectivity index (χ0v) is 10.9. The van der Waals surface area contributed by atoms with Crippen LogP contribution in [-0.2, 0) is 11.3 Å². The molecule has 0 aliphatic rings. The van der Waals surface area contributed by atoms with Crippen molar-refractivity contribution < 1.29 is 9.13 Å². The van der Waals surface area contributed by atoms with E-state index in [0.717, 1.165) is 25.1 Å². The van der Waals surface area contributed by atoms with Crippen LogP contribution in [0.3, 0.4) is 0 Å². The summed E-state index contributed by atoms with van der Waals surface area (Å²) in [6.07, 6.45) is 1.01. The first kappa shape index (κ1) is 14.1. The second-order valence-corrected chi connectivity index (χ2v) is 5.14. The molecule has 17 heavy (non-hydrogen) atoms. The van der Waals surface area contributed by atoms with Crippen LogP contribution in [-0.4, -0.2) is 20.3 Å². The summed E-state index contributed by atoms with van der Waals surface area (Å²) in [5, 5.41) is 3.36. The highest BCUT2D eigenvalue weighted by molar-refractivity contribution is 5.15. The average Bonchev–Trinajstić information content (AvgIpc) is 2.26. The Labute approximate surface area is 103 Å². The van der Waals surface area contributed by atoms with E-state index in [1.165, 1.54) is 6.07 Å². The van der Waals surface area contributed by atoms with Gasteiger partial charge < -0.3 is 10.1 Å². The normalized spacial score (nSPS) is 11.8. The van der Waals surface area contributed by atoms with Crippen molar-refractivity contribution in [3.63, 3.8) is 0 Å². The fourth-order valence-corrected chi connectivity index (χ4v) is 1.66. The summed E-state index contributed by atoms with van der Waals surface area (Å²) in [7, 11) is 1.72. The van der Waals surface area contributed by atoms with Gasteiger partial charge in [-0.15, -0.1) is 0 Å². The van der Waals surface area contributed by atoms with Gasteiger partial charge in [0.15, 0.2) is 0 Å². The SMILES string of the molecule is COCCC(C)(C)CNCc1cccc(F)c1. The maximum Gasteiger partial charge on any atom is 0.123 e. The molecule has 0 bridgehead atoms. The monoisotopic (exact) mass is 239 g/mol. The van der Waals surface area contributed by atoms with Crippen LogP contribution in [0.1, 0.15) is 25.8 Å². The van der Waals surface area contributed by atoms with Gasteiger partial charge in [0.25, 0.3) is 0 Å². The van der Waals surface area contributed by atoms with Gasteiger partial charge in [-0.25, -0.2) is 4.39 Å². The summed E-state index contributed by atoms with van der Waals surface area (Å²) in [6.45, 7) is 6.77. The molecular weight excluding hydrogens is 217 g/mol. The number of benzene rings is 1. The molecule has 0 aliphatic carbocycles. The van der Waals surface area contributed by atoms with Gasteiger partial charge in [0.1, 0.15) is 5.82 Å². The molecule has 96 valence electrons. The van der Waals surface area contributed by atoms with Crippen molar-refractivity contribution in [3.05, 3.63) is 35.6 Å². The molecule has 0 unspecified atom stereocenters. The standard InChI is InChI=1S/C14H22FNO/c1-14(2,7-8-17-3)11-16-10-12-5-4-6-13(15)9-12/h4-6,9,16H,7-8,10-11H2,1-3H3. The minimum atomic E-state index is -0.178. The number of ether oxygens (including phenoxy) is 1. The topological polar surface area (TPSA) is 21.3 Å². The Bertz CT molecular complexity index is 339. The average molecular weight is 239 g/mol. The first-order chi connectivity index (χ1) is 8.03. The van der Waals surface area contributed by atoms with E-state index in [2.05, 4.69) is 19.2 Å². The Morgan fingerprint density at radius 1 is 1.35 bits per heavy atom. The number of nitrogens with one attached hydrogen (secondary N) is 1. The number of methoxy groups -OCH3 is 1. The van der Waals surface area contributed by atoms with Crippen LogP contribution in [0, 0.1) is 11.2 Å². The molecule has 0 aromatic heterocycles. The number of rotatable bonds is 7. The molecule has 1 aromatic rings. The zero-order valence-electron chi connectivity index (χ0n) is 10.9. The fraction of sp³-hybridized carbons (Fsp3) is 0.571. The van der Waals surface area contributed by atoms with Crippen LogP contribution in [0.2, 0.25) is 0 Å². The van der Waals surface area contributed by atoms with Gasteiger partial charge in [-0.2, -0.15) is 0 Å². The predicted octanol–water partition coefficient (Wildman–Crippen LogP) is 2.98. The lowest BCUT2D eigenvalue weighted by Crippen LogP contribution is -2.30. The van der Waals surface area contributed by atoms with E-state index in [4.69, 9.17) is 4.74 Å². The first-order valence-corrected chi connectivity index (χ1v) is 5.98. The minimum Gasteiger partial charge on any atom is -0.385 e. The molecule has 1 aromatic carbocycles. The summed E-state index contributed by atoms with van der Waals surface area (Å²) in [5.74, 6) is -0.178. The molecule has 0 fully saturated rings. The summed E-state index contributed by atoms with van der Waals surface area (Å²) < 4.78 is 18.0. The Morgan fingerprint density at radius 2 is 2.12 bits per heavy atom. The Kier molecular flexibility index (Phi) is 5.59. The Hall–Kier alpha value is -0.930. The second kappa shape index (κ2) is 6.72. The van der Waals surface area contributed by atoms with Crippen molar-refractivity contribution in [2.24, 2.45) is 5.41 Å². The van der Waals surface area contributed by atoms with Gasteiger partial charge in [0.2, 0.25) is 0 Å². The summed E-state index contributed by atoms with van der Waals surface area (Å²) in [6, 6.07) is 6.70. The zero-order chi connectivity index (χ0) is 12.7. The third-order valence-corrected chi connectivity index (χ3v) is 2.80. The predicted molar refractivity (Wildman–Crippen MR) is 68.4 cm³/mol. The summed E-state index contributed by atoms with van der Waals surface area (Å²) >= 11 is 0. The Morgan fingerprint density at radius 3 is 2.76 bits per heavy atom. The lowest BCUT2D eigenvalue weighted by molar-refractivity contribution is 0.150. The highest BCUT2D eigenvalue weighted by atomic mass is 19.1. The highest BCUT2D eigenvalue weighted by Crippen LogP contribution is 2.18. The van der Waals surface area contributed by atoms with Crippen molar-refractivity contribution in [2.45, 2.75) is 26.8 Å². The third-order valence-electron chi connectivity index (χ3n) is 2.80. The molecule has 1 N–H and O–H groups in total. The van der Waals surface area contributed by atoms with Gasteiger partial charge in [0, 0.05) is 26.8 Å². The van der Waals surface area contributed by atoms with Crippen LogP contribution < -0.4 is 5.32 Å². The molecule has 0 atom stereocenters. The number of halogens is 1. The molecular formula is C14H22FNO. The van der Waals surface area contributed by atoms with Crippen molar-refractivity contribution in [2.75, 3.05) is 20.3 Å². The largest absolute Gasteiger partial charge is 0.385 e. The quantitative estimate of drug-likeness (QED) is 0.790. The third kappa shape index (κ3) is 5.80. The van der Waals surface area contributed by atoms with Gasteiger partial charge in [0.05, 0.1) is 0 Å². The van der Waals surface area contributed by atoms with Crippen LogP contribution >= 0.6 is 0 Å². The first-order valence-electron chi connectivity index (χ1n) is 5.98. The van der Waals surface area contributed by atoms with Crippen molar-refractivity contribution in [1.29, 1.82) is 0 Å². The van der Waals surface area contributed by atoms with Crippen molar-refractivity contribution in [1.82, 2.24) is 5.32 Å². The van der Waals surface area contributed by atoms with E-state index >= 15 is 0 Å². The summed E-state index contributed by atoms with van der Waals surface area (Å²) in [4.78, 5) is 0. The van der Waals surface area contributed by atoms with Crippen LogP contribution in [0.4, 0.5) is 4.39 Å². The second-order valence-electron chi connectivity index (χ2n) is 5.14. The maximum absolute atomic E-state index is 13.0. The maximum atomic E-state index is 13.0. The van der Waals surface area contributed by atoms with E-state index in [-0.39, 0.29) is 11.2 Å². The van der Waals surface area contributed by atoms with Crippen LogP contribution in [0.15, 0.2) is 24.3 Å². The Balaban J connectivity index is 2.32. The van der Waals surface area contributed by atoms with Gasteiger partial charge in [-0.1, -0.05) is 26.0 Å². The lowest BCUT2D eigenvalue weighted by Gasteiger charge is -2.24. The van der Waals surface area contributed by atoms with Crippen LogP contribution in [0.5, 0.6) is 0 Å². The molecule has 0 spiro atoms. The molecule has 1 rings (SSSR count). The number of hydrogen-bond acceptors (Lipinski definition) is 2. The molecule has 0 heterocycles. The molecule has 0 radical (unpaired) electrons. The van der Waals surface area contributed by atoms with Crippen molar-refractivity contribution >= 4 is 0 Å². The van der Waals surface area contributed by atoms with Gasteiger partial charge in [-0.05, 0) is 29.5 Å². The molecule has 0 saturated heterocycles. The van der Waals surface area contributed by atoms with Crippen LogP contribution in [0.25, 0.3) is 0 Å². The summed E-state index contributed by atoms with van der Waals surface area (Å²) in [5.41, 5.74) is 1.18. The van der Waals surface area contributed by atoms with E-state index in [0.29, 0.717) is 6.54 Å². The number of hydrogen-bond donors (Lipinski definition) is 1. The van der Waals surface area contributed by atoms with E-state index in [9.17, 15) is 4.39 Å². The molecule has 0 amide bonds. The smallest absolute Gasteiger partial charge is 0.123 e. The minimum absolute atomic E-state index is 0.178. The fourth-order valence-electron chi connectivity index (χ4n) is 1.66. The van der Waals surface area contributed by atoms with E-state index in [1.54, 1.807) is 19.2 Å². The molecule has 3 heteroatoms. The molecule has 0 aliphatic heterocycles. The molecule has 0 saturated carbocycles.